The van der Waals surface area contributed by atoms with Gasteiger partial charge in [-0.05, 0) is 62.5 Å². The van der Waals surface area contributed by atoms with E-state index in [1.54, 1.807) is 0 Å². The molecule has 1 atom stereocenters. The second-order valence-corrected chi connectivity index (χ2v) is 6.17. The van der Waals surface area contributed by atoms with Gasteiger partial charge in [0.15, 0.2) is 5.11 Å². The number of thiocarbonyl (C=S) groups is 1. The summed E-state index contributed by atoms with van der Waals surface area (Å²) in [4.78, 5) is 0. The molecule has 1 aliphatic heterocycles. The maximum absolute atomic E-state index is 5.62. The minimum atomic E-state index is 0.306. The number of aryl methyl sites for hydroxylation is 2. The summed E-state index contributed by atoms with van der Waals surface area (Å²) in [5, 5.41) is 7.12. The Bertz CT molecular complexity index is 488. The van der Waals surface area contributed by atoms with Crippen LogP contribution >= 0.6 is 12.2 Å². The molecule has 2 rings (SSSR count). The SMILES string of the molecule is Cc1ccc(C)c(NC(=S)NCCCOC[C@@H]2CCCO2)c1. The highest BCUT2D eigenvalue weighted by atomic mass is 32.1. The van der Waals surface area contributed by atoms with E-state index in [9.17, 15) is 0 Å². The van der Waals surface area contributed by atoms with Crippen molar-refractivity contribution in [2.24, 2.45) is 0 Å². The summed E-state index contributed by atoms with van der Waals surface area (Å²) < 4.78 is 11.1. The van der Waals surface area contributed by atoms with Gasteiger partial charge in [-0.2, -0.15) is 0 Å². The predicted molar refractivity (Wildman–Crippen MR) is 94.5 cm³/mol. The average Bonchev–Trinajstić information content (AvgIpc) is 3.00. The Morgan fingerprint density at radius 3 is 3.05 bits per heavy atom. The lowest BCUT2D eigenvalue weighted by Crippen LogP contribution is -2.30. The third kappa shape index (κ3) is 5.91. The summed E-state index contributed by atoms with van der Waals surface area (Å²) in [6, 6.07) is 6.30. The van der Waals surface area contributed by atoms with Crippen molar-refractivity contribution in [2.45, 2.75) is 39.2 Å². The van der Waals surface area contributed by atoms with E-state index in [2.05, 4.69) is 42.7 Å². The smallest absolute Gasteiger partial charge is 0.170 e. The number of hydrogen-bond donors (Lipinski definition) is 2. The Labute approximate surface area is 138 Å². The quantitative estimate of drug-likeness (QED) is 0.596. The van der Waals surface area contributed by atoms with Gasteiger partial charge in [-0.3, -0.25) is 0 Å². The minimum absolute atomic E-state index is 0.306. The monoisotopic (exact) mass is 322 g/mol. The Morgan fingerprint density at radius 2 is 2.27 bits per heavy atom. The van der Waals surface area contributed by atoms with Crippen LogP contribution in [0.3, 0.4) is 0 Å². The van der Waals surface area contributed by atoms with Crippen LogP contribution in [0.1, 0.15) is 30.4 Å². The van der Waals surface area contributed by atoms with E-state index in [-0.39, 0.29) is 0 Å². The van der Waals surface area contributed by atoms with Gasteiger partial charge in [0.1, 0.15) is 0 Å². The lowest BCUT2D eigenvalue weighted by Gasteiger charge is -2.13. The van der Waals surface area contributed by atoms with Crippen LogP contribution < -0.4 is 10.6 Å². The lowest BCUT2D eigenvalue weighted by atomic mass is 10.1. The van der Waals surface area contributed by atoms with E-state index in [4.69, 9.17) is 21.7 Å². The highest BCUT2D eigenvalue weighted by molar-refractivity contribution is 7.80. The third-order valence-electron chi connectivity index (χ3n) is 3.72. The van der Waals surface area contributed by atoms with Crippen LogP contribution in [-0.4, -0.2) is 37.6 Å². The molecule has 1 aliphatic rings. The van der Waals surface area contributed by atoms with Crippen molar-refractivity contribution in [3.05, 3.63) is 29.3 Å². The normalized spacial score (nSPS) is 17.5. The fraction of sp³-hybridized carbons (Fsp3) is 0.588. The highest BCUT2D eigenvalue weighted by Crippen LogP contribution is 2.16. The van der Waals surface area contributed by atoms with Gasteiger partial charge in [0.25, 0.3) is 0 Å². The molecule has 0 aromatic heterocycles. The molecule has 0 bridgehead atoms. The van der Waals surface area contributed by atoms with Crippen molar-refractivity contribution >= 4 is 23.0 Å². The van der Waals surface area contributed by atoms with Crippen molar-refractivity contribution < 1.29 is 9.47 Å². The molecule has 2 N–H and O–H groups in total. The molecule has 0 radical (unpaired) electrons. The maximum atomic E-state index is 5.62. The van der Waals surface area contributed by atoms with Crippen molar-refractivity contribution in [2.75, 3.05) is 31.7 Å². The molecule has 22 heavy (non-hydrogen) atoms. The number of ether oxygens (including phenoxy) is 2. The number of hydrogen-bond acceptors (Lipinski definition) is 3. The highest BCUT2D eigenvalue weighted by Gasteiger charge is 2.14. The van der Waals surface area contributed by atoms with E-state index in [0.29, 0.717) is 17.8 Å². The minimum Gasteiger partial charge on any atom is -0.379 e. The summed E-state index contributed by atoms with van der Waals surface area (Å²) in [6.07, 6.45) is 3.53. The number of benzene rings is 1. The van der Waals surface area contributed by atoms with E-state index in [0.717, 1.165) is 44.7 Å². The van der Waals surface area contributed by atoms with Crippen LogP contribution in [0.25, 0.3) is 0 Å². The molecule has 1 aromatic carbocycles. The fourth-order valence-electron chi connectivity index (χ4n) is 2.40. The molecule has 0 amide bonds. The summed E-state index contributed by atoms with van der Waals surface area (Å²) in [5.41, 5.74) is 3.47. The first kappa shape index (κ1) is 17.2. The van der Waals surface area contributed by atoms with Gasteiger partial charge in [0.2, 0.25) is 0 Å². The van der Waals surface area contributed by atoms with Crippen LogP contribution in [-0.2, 0) is 9.47 Å². The van der Waals surface area contributed by atoms with Crippen LogP contribution in [0, 0.1) is 13.8 Å². The Morgan fingerprint density at radius 1 is 1.41 bits per heavy atom. The van der Waals surface area contributed by atoms with Crippen LogP contribution in [0.4, 0.5) is 5.69 Å². The first-order valence-electron chi connectivity index (χ1n) is 7.96. The predicted octanol–water partition coefficient (Wildman–Crippen LogP) is 3.18. The lowest BCUT2D eigenvalue weighted by molar-refractivity contribution is 0.0168. The van der Waals surface area contributed by atoms with E-state index >= 15 is 0 Å². The van der Waals surface area contributed by atoms with Crippen molar-refractivity contribution in [3.63, 3.8) is 0 Å². The standard InChI is InChI=1S/C17H26N2O2S/c1-13-6-7-14(2)16(11-13)19-17(22)18-8-4-9-20-12-15-5-3-10-21-15/h6-7,11,15H,3-5,8-10,12H2,1-2H3,(H2,18,19,22)/t15-/m0/s1. The maximum Gasteiger partial charge on any atom is 0.170 e. The van der Waals surface area contributed by atoms with Crippen molar-refractivity contribution in [1.82, 2.24) is 5.32 Å². The Kier molecular flexibility index (Phi) is 7.09. The second-order valence-electron chi connectivity index (χ2n) is 5.76. The molecule has 0 unspecified atom stereocenters. The molecule has 0 spiro atoms. The molecule has 1 fully saturated rings. The average molecular weight is 322 g/mol. The van der Waals surface area contributed by atoms with Gasteiger partial charge in [-0.15, -0.1) is 0 Å². The summed E-state index contributed by atoms with van der Waals surface area (Å²) >= 11 is 5.32. The molecular formula is C17H26N2O2S. The molecule has 1 saturated heterocycles. The van der Waals surface area contributed by atoms with Crippen LogP contribution in [0.5, 0.6) is 0 Å². The van der Waals surface area contributed by atoms with Crippen LogP contribution in [0.2, 0.25) is 0 Å². The van der Waals surface area contributed by atoms with Gasteiger partial charge in [0.05, 0.1) is 12.7 Å². The first-order valence-corrected chi connectivity index (χ1v) is 8.37. The summed E-state index contributed by atoms with van der Waals surface area (Å²) in [7, 11) is 0. The van der Waals surface area contributed by atoms with Crippen LogP contribution in [0.15, 0.2) is 18.2 Å². The van der Waals surface area contributed by atoms with Gasteiger partial charge in [0, 0.05) is 25.4 Å². The third-order valence-corrected chi connectivity index (χ3v) is 3.97. The largest absolute Gasteiger partial charge is 0.379 e. The number of rotatable bonds is 7. The Balaban J connectivity index is 1.56. The molecular weight excluding hydrogens is 296 g/mol. The zero-order chi connectivity index (χ0) is 15.8. The zero-order valence-electron chi connectivity index (χ0n) is 13.5. The molecule has 0 aliphatic carbocycles. The van der Waals surface area contributed by atoms with E-state index in [1.165, 1.54) is 11.1 Å². The molecule has 122 valence electrons. The van der Waals surface area contributed by atoms with Gasteiger partial charge in [-0.25, -0.2) is 0 Å². The first-order chi connectivity index (χ1) is 10.6. The number of anilines is 1. The molecule has 1 heterocycles. The van der Waals surface area contributed by atoms with E-state index < -0.39 is 0 Å². The Hall–Kier alpha value is -1.17. The molecule has 1 aromatic rings. The summed E-state index contributed by atoms with van der Waals surface area (Å²) in [5.74, 6) is 0. The van der Waals surface area contributed by atoms with Gasteiger partial charge < -0.3 is 20.1 Å². The van der Waals surface area contributed by atoms with Crippen molar-refractivity contribution in [3.8, 4) is 0 Å². The van der Waals surface area contributed by atoms with Gasteiger partial charge in [-0.1, -0.05) is 12.1 Å². The molecule has 0 saturated carbocycles. The van der Waals surface area contributed by atoms with Crippen molar-refractivity contribution in [1.29, 1.82) is 0 Å². The molecule has 5 heteroatoms. The van der Waals surface area contributed by atoms with Gasteiger partial charge >= 0.3 is 0 Å². The van der Waals surface area contributed by atoms with E-state index in [1.807, 2.05) is 0 Å². The summed E-state index contributed by atoms with van der Waals surface area (Å²) in [6.45, 7) is 7.29. The molecule has 4 nitrogen and oxygen atoms in total. The fourth-order valence-corrected chi connectivity index (χ4v) is 2.62. The number of nitrogens with one attached hydrogen (secondary N) is 2. The zero-order valence-corrected chi connectivity index (χ0v) is 14.3. The topological polar surface area (TPSA) is 42.5 Å². The second kappa shape index (κ2) is 9.08.